The summed E-state index contributed by atoms with van der Waals surface area (Å²) in [7, 11) is 0. The van der Waals surface area contributed by atoms with Crippen LogP contribution in [0.2, 0.25) is 5.02 Å². The third-order valence-corrected chi connectivity index (χ3v) is 6.13. The minimum Gasteiger partial charge on any atom is -0.308 e. The second kappa shape index (κ2) is 6.42. The summed E-state index contributed by atoms with van der Waals surface area (Å²) < 4.78 is 0. The molecule has 3 atom stereocenters. The molecule has 2 aliphatic rings. The van der Waals surface area contributed by atoms with E-state index in [1.807, 2.05) is 24.3 Å². The topological polar surface area (TPSA) is 40.9 Å². The molecule has 128 valence electrons. The van der Waals surface area contributed by atoms with Gasteiger partial charge in [-0.15, -0.1) is 0 Å². The van der Waals surface area contributed by atoms with Crippen LogP contribution in [0.1, 0.15) is 43.2 Å². The molecular weight excluding hydrogens is 330 g/mol. The third kappa shape index (κ3) is 2.83. The summed E-state index contributed by atoms with van der Waals surface area (Å²) in [6.45, 7) is 2.12. The van der Waals surface area contributed by atoms with Gasteiger partial charge in [0.2, 0.25) is 0 Å². The van der Waals surface area contributed by atoms with E-state index in [4.69, 9.17) is 17.0 Å². The summed E-state index contributed by atoms with van der Waals surface area (Å²) in [4.78, 5) is 12.9. The Bertz CT molecular complexity index is 818. The highest BCUT2D eigenvalue weighted by molar-refractivity contribution is 6.30. The number of aryl methyl sites for hydroxylation is 1. The fourth-order valence-corrected chi connectivity index (χ4v) is 4.61. The van der Waals surface area contributed by atoms with Crippen LogP contribution in [0.5, 0.6) is 0 Å². The Kier molecular flexibility index (Phi) is 4.24. The largest absolute Gasteiger partial charge is 0.308 e. The highest BCUT2D eigenvalue weighted by Gasteiger charge is 2.45. The van der Waals surface area contributed by atoms with Gasteiger partial charge >= 0.3 is 0 Å². The normalized spacial score (nSPS) is 25.4. The fraction of sp³-hybridized carbons (Fsp3) is 0.364. The van der Waals surface area contributed by atoms with Crippen LogP contribution in [0, 0.1) is 17.2 Å². The Morgan fingerprint density at radius 2 is 1.72 bits per heavy atom. The molecule has 0 spiro atoms. The number of rotatable bonds is 3. The maximum Gasteiger partial charge on any atom is 0.149 e. The van der Waals surface area contributed by atoms with Crippen molar-refractivity contribution in [2.45, 2.75) is 38.5 Å². The van der Waals surface area contributed by atoms with Gasteiger partial charge in [-0.2, -0.15) is 0 Å². The molecule has 2 aromatic carbocycles. The van der Waals surface area contributed by atoms with Crippen molar-refractivity contribution in [3.05, 3.63) is 58.6 Å². The average Bonchev–Trinajstić information content (AvgIpc) is 3.08. The Balaban J connectivity index is 1.74. The summed E-state index contributed by atoms with van der Waals surface area (Å²) in [5.74, 6) is 0.436. The number of Topliss-reactive ketones (excluding diaryl/α,β-unsaturated/α-hetero) is 1. The number of fused-ring (bicyclic) bond motifs is 2. The van der Waals surface area contributed by atoms with Gasteiger partial charge in [-0.1, -0.05) is 48.9 Å². The SMILES string of the molecule is CCc1cc(-c2ccc(Cl)cc2)ccc1C1C(=N)C2CCC(C2)C1=O. The van der Waals surface area contributed by atoms with Gasteiger partial charge in [0, 0.05) is 16.7 Å². The van der Waals surface area contributed by atoms with E-state index < -0.39 is 0 Å². The van der Waals surface area contributed by atoms with Crippen molar-refractivity contribution < 1.29 is 4.79 Å². The summed E-state index contributed by atoms with van der Waals surface area (Å²) >= 11 is 5.99. The number of carbonyl (C=O) groups is 1. The average molecular weight is 352 g/mol. The highest BCUT2D eigenvalue weighted by Crippen LogP contribution is 2.45. The van der Waals surface area contributed by atoms with Crippen LogP contribution in [-0.4, -0.2) is 11.5 Å². The molecule has 1 N–H and O–H groups in total. The molecular formula is C22H22ClNO. The van der Waals surface area contributed by atoms with Crippen molar-refractivity contribution in [3.8, 4) is 11.1 Å². The van der Waals surface area contributed by atoms with Crippen LogP contribution in [0.25, 0.3) is 11.1 Å². The van der Waals surface area contributed by atoms with E-state index in [0.29, 0.717) is 11.6 Å². The number of nitrogens with one attached hydrogen (secondary N) is 1. The van der Waals surface area contributed by atoms with Gasteiger partial charge in [0.25, 0.3) is 0 Å². The predicted octanol–water partition coefficient (Wildman–Crippen LogP) is 5.67. The number of ketones is 1. The maximum absolute atomic E-state index is 12.9. The molecule has 2 fully saturated rings. The molecule has 25 heavy (non-hydrogen) atoms. The van der Waals surface area contributed by atoms with Crippen LogP contribution >= 0.6 is 11.6 Å². The Morgan fingerprint density at radius 3 is 2.44 bits per heavy atom. The molecule has 0 heterocycles. The van der Waals surface area contributed by atoms with E-state index in [1.165, 1.54) is 5.56 Å². The molecule has 0 radical (unpaired) electrons. The van der Waals surface area contributed by atoms with E-state index in [-0.39, 0.29) is 17.6 Å². The molecule has 2 saturated carbocycles. The molecule has 0 aromatic heterocycles. The Labute approximate surface area is 153 Å². The molecule has 2 aromatic rings. The lowest BCUT2D eigenvalue weighted by Gasteiger charge is -2.29. The number of carbonyl (C=O) groups excluding carboxylic acids is 1. The first-order valence-electron chi connectivity index (χ1n) is 9.09. The molecule has 0 saturated heterocycles. The van der Waals surface area contributed by atoms with E-state index in [1.54, 1.807) is 0 Å². The molecule has 3 heteroatoms. The van der Waals surface area contributed by atoms with Gasteiger partial charge in [-0.25, -0.2) is 0 Å². The minimum absolute atomic E-state index is 0.171. The van der Waals surface area contributed by atoms with Crippen molar-refractivity contribution in [3.63, 3.8) is 0 Å². The first kappa shape index (κ1) is 16.5. The predicted molar refractivity (Wildman–Crippen MR) is 103 cm³/mol. The fourth-order valence-electron chi connectivity index (χ4n) is 4.48. The third-order valence-electron chi connectivity index (χ3n) is 5.88. The summed E-state index contributed by atoms with van der Waals surface area (Å²) in [5, 5.41) is 9.30. The van der Waals surface area contributed by atoms with Gasteiger partial charge < -0.3 is 5.41 Å². The van der Waals surface area contributed by atoms with Gasteiger partial charge in [0.1, 0.15) is 5.78 Å². The van der Waals surface area contributed by atoms with Gasteiger partial charge in [-0.3, -0.25) is 4.79 Å². The van der Waals surface area contributed by atoms with Crippen LogP contribution in [0.4, 0.5) is 0 Å². The van der Waals surface area contributed by atoms with Gasteiger partial charge in [-0.05, 0) is 66.0 Å². The zero-order valence-corrected chi connectivity index (χ0v) is 15.1. The van der Waals surface area contributed by atoms with E-state index in [9.17, 15) is 4.79 Å². The quantitative estimate of drug-likeness (QED) is 0.760. The molecule has 2 bridgehead atoms. The summed E-state index contributed by atoms with van der Waals surface area (Å²) in [6.07, 6.45) is 3.74. The van der Waals surface area contributed by atoms with Crippen LogP contribution in [-0.2, 0) is 11.2 Å². The lowest BCUT2D eigenvalue weighted by Crippen LogP contribution is -2.34. The van der Waals surface area contributed by atoms with Crippen molar-refractivity contribution >= 4 is 23.1 Å². The van der Waals surface area contributed by atoms with Gasteiger partial charge in [0.05, 0.1) is 5.92 Å². The Morgan fingerprint density at radius 1 is 1.04 bits per heavy atom. The van der Waals surface area contributed by atoms with Crippen LogP contribution in [0.3, 0.4) is 0 Å². The smallest absolute Gasteiger partial charge is 0.149 e. The van der Waals surface area contributed by atoms with E-state index >= 15 is 0 Å². The van der Waals surface area contributed by atoms with Crippen molar-refractivity contribution in [2.24, 2.45) is 11.8 Å². The molecule has 4 rings (SSSR count). The van der Waals surface area contributed by atoms with Gasteiger partial charge in [0.15, 0.2) is 0 Å². The molecule has 2 nitrogen and oxygen atoms in total. The second-order valence-corrected chi connectivity index (χ2v) is 7.71. The molecule has 0 amide bonds. The van der Waals surface area contributed by atoms with Crippen molar-refractivity contribution in [2.75, 3.05) is 0 Å². The molecule has 2 aliphatic carbocycles. The number of hydrogen-bond acceptors (Lipinski definition) is 2. The lowest BCUT2D eigenvalue weighted by molar-refractivity contribution is -0.123. The summed E-state index contributed by atoms with van der Waals surface area (Å²) in [6, 6.07) is 14.2. The van der Waals surface area contributed by atoms with E-state index in [0.717, 1.165) is 47.4 Å². The zero-order valence-electron chi connectivity index (χ0n) is 14.4. The standard InChI is InChI=1S/C22H22ClNO/c1-2-13-11-15(14-5-8-18(23)9-6-14)7-10-19(13)20-21(24)16-3-4-17(12-16)22(20)25/h5-11,16-17,20,24H,2-4,12H2,1H3. The maximum atomic E-state index is 12.9. The van der Waals surface area contributed by atoms with Crippen LogP contribution < -0.4 is 0 Å². The van der Waals surface area contributed by atoms with E-state index in [2.05, 4.69) is 25.1 Å². The lowest BCUT2D eigenvalue weighted by atomic mass is 9.73. The Hall–Kier alpha value is -1.93. The number of halogens is 1. The zero-order chi connectivity index (χ0) is 17.6. The second-order valence-electron chi connectivity index (χ2n) is 7.27. The molecule has 0 aliphatic heterocycles. The monoisotopic (exact) mass is 351 g/mol. The highest BCUT2D eigenvalue weighted by atomic mass is 35.5. The van der Waals surface area contributed by atoms with Crippen molar-refractivity contribution in [1.82, 2.24) is 0 Å². The first-order valence-corrected chi connectivity index (χ1v) is 9.47. The minimum atomic E-state index is -0.319. The summed E-state index contributed by atoms with van der Waals surface area (Å²) in [5.41, 5.74) is 5.13. The first-order chi connectivity index (χ1) is 12.1. The van der Waals surface area contributed by atoms with Crippen molar-refractivity contribution in [1.29, 1.82) is 5.41 Å². The number of benzene rings is 2. The number of hydrogen-bond donors (Lipinski definition) is 1. The van der Waals surface area contributed by atoms with Crippen LogP contribution in [0.15, 0.2) is 42.5 Å². The molecule has 3 unspecified atom stereocenters.